The first-order valence-electron chi connectivity index (χ1n) is 6.16. The topological polar surface area (TPSA) is 84.2 Å². The zero-order valence-electron chi connectivity index (χ0n) is 11.4. The minimum atomic E-state index is -5.16. The number of imidazole rings is 1. The lowest BCUT2D eigenvalue weighted by molar-refractivity contribution is -0.177. The van der Waals surface area contributed by atoms with Gasteiger partial charge in [-0.3, -0.25) is 4.79 Å². The van der Waals surface area contributed by atoms with Crippen LogP contribution in [0.2, 0.25) is 0 Å². The number of alkyl halides is 3. The number of hydrogen-bond acceptors (Lipinski definition) is 3. The van der Waals surface area contributed by atoms with Crippen molar-refractivity contribution < 1.29 is 27.9 Å². The van der Waals surface area contributed by atoms with E-state index in [1.165, 1.54) is 16.2 Å². The fraction of sp³-hybridized carbons (Fsp3) is 0.308. The normalized spacial score (nSPS) is 14.5. The van der Waals surface area contributed by atoms with Crippen molar-refractivity contribution in [2.45, 2.75) is 25.2 Å². The van der Waals surface area contributed by atoms with Crippen molar-refractivity contribution >= 4 is 22.9 Å². The van der Waals surface area contributed by atoms with E-state index in [0.29, 0.717) is 11.0 Å². The summed E-state index contributed by atoms with van der Waals surface area (Å²) in [5.41, 5.74) is -1.01. The first-order chi connectivity index (χ1) is 10.1. The number of carboxylic acids is 1. The van der Waals surface area contributed by atoms with E-state index in [4.69, 9.17) is 0 Å². The van der Waals surface area contributed by atoms with E-state index in [2.05, 4.69) is 4.98 Å². The van der Waals surface area contributed by atoms with Crippen LogP contribution in [0.25, 0.3) is 11.0 Å². The molecule has 0 aliphatic rings. The third-order valence-electron chi connectivity index (χ3n) is 3.13. The van der Waals surface area contributed by atoms with Gasteiger partial charge < -0.3 is 15.0 Å². The lowest BCUT2D eigenvalue weighted by atomic mass is 10.0. The van der Waals surface area contributed by atoms with Crippen molar-refractivity contribution in [3.05, 3.63) is 30.6 Å². The van der Waals surface area contributed by atoms with E-state index in [9.17, 15) is 27.9 Å². The highest BCUT2D eigenvalue weighted by molar-refractivity contribution is 5.89. The lowest BCUT2D eigenvalue weighted by Crippen LogP contribution is -2.57. The summed E-state index contributed by atoms with van der Waals surface area (Å²) in [6, 6.07) is 6.74. The van der Waals surface area contributed by atoms with Crippen LogP contribution < -0.4 is 5.32 Å². The van der Waals surface area contributed by atoms with Crippen LogP contribution in [0.1, 0.15) is 6.92 Å². The average molecular weight is 315 g/mol. The minimum Gasteiger partial charge on any atom is -0.479 e. The van der Waals surface area contributed by atoms with E-state index in [1.807, 2.05) is 0 Å². The van der Waals surface area contributed by atoms with E-state index in [1.54, 1.807) is 24.3 Å². The molecule has 1 heterocycles. The summed E-state index contributed by atoms with van der Waals surface area (Å²) in [4.78, 5) is 26.4. The molecule has 1 aromatic carbocycles. The quantitative estimate of drug-likeness (QED) is 0.897. The van der Waals surface area contributed by atoms with Gasteiger partial charge in [0.05, 0.1) is 23.9 Å². The number of carbonyl (C=O) groups is 2. The van der Waals surface area contributed by atoms with Crippen LogP contribution in [-0.4, -0.2) is 38.2 Å². The SMILES string of the molecule is CC(Cn1cnc2ccccc21)(NC(=O)C(F)(F)F)C(=O)O. The Labute approximate surface area is 122 Å². The zero-order valence-corrected chi connectivity index (χ0v) is 11.4. The number of benzene rings is 1. The Morgan fingerprint density at radius 2 is 1.95 bits per heavy atom. The number of rotatable bonds is 4. The second-order valence-electron chi connectivity index (χ2n) is 4.95. The van der Waals surface area contributed by atoms with Gasteiger partial charge in [-0.05, 0) is 19.1 Å². The van der Waals surface area contributed by atoms with Gasteiger partial charge in [0.2, 0.25) is 0 Å². The summed E-state index contributed by atoms with van der Waals surface area (Å²) in [5.74, 6) is -3.88. The van der Waals surface area contributed by atoms with Crippen molar-refractivity contribution in [2.75, 3.05) is 0 Å². The van der Waals surface area contributed by atoms with E-state index < -0.39 is 30.1 Å². The monoisotopic (exact) mass is 315 g/mol. The molecular weight excluding hydrogens is 303 g/mol. The van der Waals surface area contributed by atoms with Crippen molar-refractivity contribution in [1.82, 2.24) is 14.9 Å². The Bertz CT molecular complexity index is 726. The third-order valence-corrected chi connectivity index (χ3v) is 3.13. The molecule has 6 nitrogen and oxygen atoms in total. The highest BCUT2D eigenvalue weighted by Crippen LogP contribution is 2.20. The number of para-hydroxylation sites is 2. The molecule has 9 heteroatoms. The van der Waals surface area contributed by atoms with Crippen molar-refractivity contribution in [1.29, 1.82) is 0 Å². The van der Waals surface area contributed by atoms with Crippen molar-refractivity contribution in [2.24, 2.45) is 0 Å². The summed E-state index contributed by atoms with van der Waals surface area (Å²) in [6.07, 6.45) is -3.85. The number of hydrogen-bond donors (Lipinski definition) is 2. The smallest absolute Gasteiger partial charge is 0.471 e. The first kappa shape index (κ1) is 15.8. The molecule has 0 bridgehead atoms. The molecule has 1 amide bonds. The van der Waals surface area contributed by atoms with Gasteiger partial charge in [-0.25, -0.2) is 9.78 Å². The van der Waals surface area contributed by atoms with Gasteiger partial charge in [-0.15, -0.1) is 0 Å². The molecule has 22 heavy (non-hydrogen) atoms. The number of nitrogens with one attached hydrogen (secondary N) is 1. The number of carbonyl (C=O) groups excluding carboxylic acids is 1. The number of aromatic nitrogens is 2. The molecule has 1 unspecified atom stereocenters. The van der Waals surface area contributed by atoms with Crippen LogP contribution in [0.4, 0.5) is 13.2 Å². The lowest BCUT2D eigenvalue weighted by Gasteiger charge is -2.27. The Morgan fingerprint density at radius 1 is 1.32 bits per heavy atom. The maximum Gasteiger partial charge on any atom is 0.471 e. The van der Waals surface area contributed by atoms with Gasteiger partial charge >= 0.3 is 18.1 Å². The van der Waals surface area contributed by atoms with Crippen molar-refractivity contribution in [3.8, 4) is 0 Å². The molecule has 0 aliphatic carbocycles. The highest BCUT2D eigenvalue weighted by Gasteiger charge is 2.45. The first-order valence-corrected chi connectivity index (χ1v) is 6.16. The largest absolute Gasteiger partial charge is 0.479 e. The van der Waals surface area contributed by atoms with E-state index >= 15 is 0 Å². The fourth-order valence-electron chi connectivity index (χ4n) is 1.96. The standard InChI is InChI=1S/C13H12F3N3O3/c1-12(11(21)22,18-10(20)13(14,15)16)6-19-7-17-8-4-2-3-5-9(8)19/h2-5,7H,6H2,1H3,(H,18,20)(H,21,22). The highest BCUT2D eigenvalue weighted by atomic mass is 19.4. The van der Waals surface area contributed by atoms with E-state index in [0.717, 1.165) is 6.92 Å². The molecule has 0 spiro atoms. The van der Waals surface area contributed by atoms with Crippen LogP contribution in [0, 0.1) is 0 Å². The molecule has 0 aliphatic heterocycles. The predicted molar refractivity (Wildman–Crippen MR) is 70.0 cm³/mol. The molecule has 0 radical (unpaired) electrons. The average Bonchev–Trinajstić information content (AvgIpc) is 2.81. The predicted octanol–water partition coefficient (Wildman–Crippen LogP) is 1.56. The molecule has 0 saturated heterocycles. The number of aliphatic carboxylic acids is 1. The molecule has 0 fully saturated rings. The van der Waals surface area contributed by atoms with Gasteiger partial charge in [0.25, 0.3) is 0 Å². The Hall–Kier alpha value is -2.58. The van der Waals surface area contributed by atoms with Gasteiger partial charge in [-0.1, -0.05) is 12.1 Å². The molecule has 2 rings (SSSR count). The molecule has 2 aromatic rings. The van der Waals surface area contributed by atoms with Gasteiger partial charge in [0, 0.05) is 0 Å². The van der Waals surface area contributed by atoms with Crippen LogP contribution in [0.15, 0.2) is 30.6 Å². The number of fused-ring (bicyclic) bond motifs is 1. The summed E-state index contributed by atoms with van der Waals surface area (Å²) >= 11 is 0. The maximum atomic E-state index is 12.4. The number of amides is 1. The van der Waals surface area contributed by atoms with Crippen molar-refractivity contribution in [3.63, 3.8) is 0 Å². The summed E-state index contributed by atoms with van der Waals surface area (Å²) in [7, 11) is 0. The van der Waals surface area contributed by atoms with Gasteiger partial charge in [-0.2, -0.15) is 13.2 Å². The summed E-state index contributed by atoms with van der Waals surface area (Å²) in [5, 5.41) is 10.7. The molecule has 2 N–H and O–H groups in total. The summed E-state index contributed by atoms with van der Waals surface area (Å²) < 4.78 is 38.4. The Kier molecular flexibility index (Phi) is 3.82. The second-order valence-corrected chi connectivity index (χ2v) is 4.95. The molecule has 118 valence electrons. The van der Waals surface area contributed by atoms with Gasteiger partial charge in [0.15, 0.2) is 5.54 Å². The number of nitrogens with zero attached hydrogens (tertiary/aromatic N) is 2. The summed E-state index contributed by atoms with van der Waals surface area (Å²) in [6.45, 7) is 0.610. The van der Waals surface area contributed by atoms with Crippen LogP contribution in [-0.2, 0) is 16.1 Å². The van der Waals surface area contributed by atoms with Crippen LogP contribution in [0.5, 0.6) is 0 Å². The number of carboxylic acid groups (broad SMARTS) is 1. The third kappa shape index (κ3) is 3.02. The maximum absolute atomic E-state index is 12.4. The van der Waals surface area contributed by atoms with Crippen LogP contribution in [0.3, 0.4) is 0 Å². The molecule has 1 aromatic heterocycles. The molecule has 1 atom stereocenters. The number of halogens is 3. The molecular formula is C13H12F3N3O3. The van der Waals surface area contributed by atoms with Crippen LogP contribution >= 0.6 is 0 Å². The van der Waals surface area contributed by atoms with E-state index in [-0.39, 0.29) is 0 Å². The molecule has 0 saturated carbocycles. The van der Waals surface area contributed by atoms with Gasteiger partial charge in [0.1, 0.15) is 0 Å². The fourth-order valence-corrected chi connectivity index (χ4v) is 1.96. The Morgan fingerprint density at radius 3 is 2.55 bits per heavy atom. The Balaban J connectivity index is 2.32. The zero-order chi connectivity index (χ0) is 16.5. The second kappa shape index (κ2) is 5.32. The minimum absolute atomic E-state index is 0.398.